The lowest BCUT2D eigenvalue weighted by molar-refractivity contribution is -0.384. The second-order valence-electron chi connectivity index (χ2n) is 5.41. The van der Waals surface area contributed by atoms with Gasteiger partial charge in [0.25, 0.3) is 11.6 Å². The highest BCUT2D eigenvalue weighted by atomic mass is 16.6. The number of rotatable bonds is 9. The van der Waals surface area contributed by atoms with Gasteiger partial charge in [0.2, 0.25) is 5.91 Å². The van der Waals surface area contributed by atoms with Crippen molar-refractivity contribution in [3.05, 3.63) is 70.3 Å². The highest BCUT2D eigenvalue weighted by Gasteiger charge is 2.09. The van der Waals surface area contributed by atoms with Crippen LogP contribution in [-0.4, -0.2) is 36.4 Å². The van der Waals surface area contributed by atoms with Crippen molar-refractivity contribution in [1.29, 1.82) is 0 Å². The maximum atomic E-state index is 11.7. The molecule has 0 saturated carbocycles. The van der Waals surface area contributed by atoms with Crippen LogP contribution < -0.4 is 15.4 Å². The van der Waals surface area contributed by atoms with Gasteiger partial charge in [-0.25, -0.2) is 0 Å². The Bertz CT molecular complexity index is 764. The summed E-state index contributed by atoms with van der Waals surface area (Å²) in [6.07, 6.45) is 0.705. The third-order valence-electron chi connectivity index (χ3n) is 3.42. The lowest BCUT2D eigenvalue weighted by atomic mass is 10.1. The molecule has 136 valence electrons. The van der Waals surface area contributed by atoms with Gasteiger partial charge in [-0.2, -0.15) is 0 Å². The van der Waals surface area contributed by atoms with Gasteiger partial charge in [0.1, 0.15) is 5.75 Å². The molecule has 2 rings (SSSR count). The van der Waals surface area contributed by atoms with Crippen LogP contribution in [0.4, 0.5) is 5.69 Å². The summed E-state index contributed by atoms with van der Waals surface area (Å²) in [4.78, 5) is 33.5. The minimum absolute atomic E-state index is 0.124. The molecule has 26 heavy (non-hydrogen) atoms. The van der Waals surface area contributed by atoms with Crippen LogP contribution in [0.25, 0.3) is 0 Å². The van der Waals surface area contributed by atoms with E-state index in [2.05, 4.69) is 10.6 Å². The molecule has 2 amide bonds. The lowest BCUT2D eigenvalue weighted by Gasteiger charge is -2.08. The van der Waals surface area contributed by atoms with E-state index in [4.69, 9.17) is 4.74 Å². The molecule has 0 bridgehead atoms. The standard InChI is InChI=1S/C18H19N3O5/c22-17(19-10-9-14-5-2-1-3-6-14)12-20-18(23)13-26-16-8-4-7-15(11-16)21(24)25/h1-8,11H,9-10,12-13H2,(H,19,22)(H,20,23). The zero-order valence-corrected chi connectivity index (χ0v) is 14.0. The predicted octanol–water partition coefficient (Wildman–Crippen LogP) is 1.45. The van der Waals surface area contributed by atoms with Crippen LogP contribution in [0.2, 0.25) is 0 Å². The Morgan fingerprint density at radius 3 is 2.50 bits per heavy atom. The normalized spacial score (nSPS) is 10.0. The molecule has 2 aromatic carbocycles. The quantitative estimate of drug-likeness (QED) is 0.521. The third kappa shape index (κ3) is 6.60. The molecule has 0 aliphatic heterocycles. The molecule has 0 radical (unpaired) electrons. The minimum atomic E-state index is -0.549. The SMILES string of the molecule is O=C(CNC(=O)COc1cccc([N+](=O)[O-])c1)NCCc1ccccc1. The Morgan fingerprint density at radius 2 is 1.77 bits per heavy atom. The van der Waals surface area contributed by atoms with Crippen molar-refractivity contribution in [3.8, 4) is 5.75 Å². The molecule has 2 N–H and O–H groups in total. The first-order valence-corrected chi connectivity index (χ1v) is 7.99. The van der Waals surface area contributed by atoms with E-state index in [9.17, 15) is 19.7 Å². The first-order valence-electron chi connectivity index (χ1n) is 7.99. The van der Waals surface area contributed by atoms with Gasteiger partial charge in [0, 0.05) is 12.6 Å². The molecule has 2 aromatic rings. The number of ether oxygens (including phenoxy) is 1. The zero-order valence-electron chi connectivity index (χ0n) is 14.0. The number of hydrogen-bond donors (Lipinski definition) is 2. The summed E-state index contributed by atoms with van der Waals surface area (Å²) in [6.45, 7) is -0.0206. The van der Waals surface area contributed by atoms with Crippen molar-refractivity contribution in [2.45, 2.75) is 6.42 Å². The summed E-state index contributed by atoms with van der Waals surface area (Å²) in [7, 11) is 0. The van der Waals surface area contributed by atoms with Crippen molar-refractivity contribution < 1.29 is 19.2 Å². The summed E-state index contributed by atoms with van der Waals surface area (Å²) in [6, 6.07) is 15.3. The third-order valence-corrected chi connectivity index (χ3v) is 3.42. The Balaban J connectivity index is 1.64. The van der Waals surface area contributed by atoms with E-state index in [0.717, 1.165) is 5.56 Å². The van der Waals surface area contributed by atoms with Crippen LogP contribution in [0.5, 0.6) is 5.75 Å². The average Bonchev–Trinajstić information content (AvgIpc) is 2.66. The van der Waals surface area contributed by atoms with E-state index in [0.29, 0.717) is 13.0 Å². The lowest BCUT2D eigenvalue weighted by Crippen LogP contribution is -2.39. The van der Waals surface area contributed by atoms with Crippen LogP contribution in [0.15, 0.2) is 54.6 Å². The van der Waals surface area contributed by atoms with E-state index in [-0.39, 0.29) is 30.5 Å². The van der Waals surface area contributed by atoms with E-state index in [1.165, 1.54) is 24.3 Å². The molecule has 8 nitrogen and oxygen atoms in total. The fraction of sp³-hybridized carbons (Fsp3) is 0.222. The molecule has 0 saturated heterocycles. The van der Waals surface area contributed by atoms with Crippen molar-refractivity contribution in [2.24, 2.45) is 0 Å². The number of non-ortho nitro benzene ring substituents is 1. The summed E-state index contributed by atoms with van der Waals surface area (Å²) in [5.74, 6) is -0.582. The first kappa shape index (κ1) is 18.9. The number of carbonyl (C=O) groups excluding carboxylic acids is 2. The second-order valence-corrected chi connectivity index (χ2v) is 5.41. The number of nitrogens with zero attached hydrogens (tertiary/aromatic N) is 1. The van der Waals surface area contributed by atoms with Gasteiger partial charge in [-0.15, -0.1) is 0 Å². The average molecular weight is 357 g/mol. The monoisotopic (exact) mass is 357 g/mol. The Morgan fingerprint density at radius 1 is 1.00 bits per heavy atom. The van der Waals surface area contributed by atoms with Gasteiger partial charge >= 0.3 is 0 Å². The van der Waals surface area contributed by atoms with Crippen molar-refractivity contribution in [1.82, 2.24) is 10.6 Å². The van der Waals surface area contributed by atoms with Crippen molar-refractivity contribution >= 4 is 17.5 Å². The van der Waals surface area contributed by atoms with Crippen LogP contribution in [0, 0.1) is 10.1 Å². The fourth-order valence-corrected chi connectivity index (χ4v) is 2.12. The minimum Gasteiger partial charge on any atom is -0.484 e. The molecule has 0 aromatic heterocycles. The molecule has 0 fully saturated rings. The number of amides is 2. The molecule has 0 heterocycles. The summed E-state index contributed by atoms with van der Waals surface area (Å²) in [5.41, 5.74) is 0.989. The molecule has 0 spiro atoms. The highest BCUT2D eigenvalue weighted by molar-refractivity contribution is 5.85. The van der Waals surface area contributed by atoms with Crippen molar-refractivity contribution in [3.63, 3.8) is 0 Å². The van der Waals surface area contributed by atoms with Gasteiger partial charge in [0.05, 0.1) is 17.5 Å². The highest BCUT2D eigenvalue weighted by Crippen LogP contribution is 2.18. The fourth-order valence-electron chi connectivity index (χ4n) is 2.12. The van der Waals surface area contributed by atoms with Gasteiger partial charge < -0.3 is 15.4 Å². The molecule has 0 aliphatic rings. The first-order chi connectivity index (χ1) is 12.5. The number of nitro benzene ring substituents is 1. The number of carbonyl (C=O) groups is 2. The second kappa shape index (κ2) is 9.77. The number of hydrogen-bond acceptors (Lipinski definition) is 5. The van der Waals surface area contributed by atoms with Crippen LogP contribution >= 0.6 is 0 Å². The van der Waals surface area contributed by atoms with E-state index >= 15 is 0 Å². The Labute approximate surface area is 150 Å². The van der Waals surface area contributed by atoms with Crippen molar-refractivity contribution in [2.75, 3.05) is 19.7 Å². The van der Waals surface area contributed by atoms with Gasteiger partial charge in [-0.3, -0.25) is 19.7 Å². The molecule has 0 atom stereocenters. The summed E-state index contributed by atoms with van der Waals surface area (Å²) in [5, 5.41) is 15.8. The Hall–Kier alpha value is -3.42. The molecule has 0 unspecified atom stereocenters. The van der Waals surface area contributed by atoms with Crippen LogP contribution in [-0.2, 0) is 16.0 Å². The van der Waals surface area contributed by atoms with E-state index in [1.807, 2.05) is 30.3 Å². The molecular weight excluding hydrogens is 338 g/mol. The zero-order chi connectivity index (χ0) is 18.8. The summed E-state index contributed by atoms with van der Waals surface area (Å²) >= 11 is 0. The molecular formula is C18H19N3O5. The predicted molar refractivity (Wildman–Crippen MR) is 94.8 cm³/mol. The topological polar surface area (TPSA) is 111 Å². The van der Waals surface area contributed by atoms with Crippen LogP contribution in [0.1, 0.15) is 5.56 Å². The maximum absolute atomic E-state index is 11.7. The Kier molecular flexibility index (Phi) is 7.11. The van der Waals surface area contributed by atoms with Gasteiger partial charge in [-0.1, -0.05) is 36.4 Å². The molecule has 0 aliphatic carbocycles. The summed E-state index contributed by atoms with van der Waals surface area (Å²) < 4.78 is 5.18. The van der Waals surface area contributed by atoms with E-state index < -0.39 is 10.8 Å². The maximum Gasteiger partial charge on any atom is 0.273 e. The van der Waals surface area contributed by atoms with Crippen LogP contribution in [0.3, 0.4) is 0 Å². The number of nitrogens with one attached hydrogen (secondary N) is 2. The van der Waals surface area contributed by atoms with Gasteiger partial charge in [-0.05, 0) is 18.1 Å². The van der Waals surface area contributed by atoms with Gasteiger partial charge in [0.15, 0.2) is 6.61 Å². The largest absolute Gasteiger partial charge is 0.484 e. The number of nitro groups is 1. The smallest absolute Gasteiger partial charge is 0.273 e. The molecule has 8 heteroatoms. The number of benzene rings is 2. The van der Waals surface area contributed by atoms with E-state index in [1.54, 1.807) is 0 Å².